The Kier molecular flexibility index (Phi) is 24.2. The molecular formula is C38H59NO12. The van der Waals surface area contributed by atoms with E-state index in [9.17, 15) is 4.79 Å². The van der Waals surface area contributed by atoms with Crippen LogP contribution in [0.5, 0.6) is 0 Å². The van der Waals surface area contributed by atoms with Crippen LogP contribution in [0.2, 0.25) is 0 Å². The van der Waals surface area contributed by atoms with Crippen molar-refractivity contribution in [3.63, 3.8) is 0 Å². The number of carbonyl (C=O) groups excluding carboxylic acids is 1. The molecule has 2 aromatic carbocycles. The van der Waals surface area contributed by atoms with Crippen molar-refractivity contribution in [2.24, 2.45) is 0 Å². The lowest BCUT2D eigenvalue weighted by Crippen LogP contribution is -2.29. The van der Waals surface area contributed by atoms with Gasteiger partial charge in [0.15, 0.2) is 0 Å². The molecule has 13 nitrogen and oxygen atoms in total. The van der Waals surface area contributed by atoms with Crippen LogP contribution in [0.15, 0.2) is 48.5 Å². The molecule has 0 spiro atoms. The van der Waals surface area contributed by atoms with Crippen molar-refractivity contribution in [2.75, 3.05) is 139 Å². The molecule has 0 radical (unpaired) electrons. The van der Waals surface area contributed by atoms with Gasteiger partial charge in [0.1, 0.15) is 6.61 Å². The zero-order chi connectivity index (χ0) is 36.0. The minimum atomic E-state index is -0.451. The first-order chi connectivity index (χ1) is 25.2. The Morgan fingerprint density at radius 2 is 0.843 bits per heavy atom. The summed E-state index contributed by atoms with van der Waals surface area (Å²) in [7, 11) is 0. The van der Waals surface area contributed by atoms with Crippen molar-refractivity contribution >= 4 is 6.09 Å². The van der Waals surface area contributed by atoms with Gasteiger partial charge in [0, 0.05) is 12.5 Å². The van der Waals surface area contributed by atoms with Crippen LogP contribution in [-0.2, 0) is 52.1 Å². The summed E-state index contributed by atoms with van der Waals surface area (Å²) in [4.78, 5) is 12.2. The van der Waals surface area contributed by atoms with E-state index in [2.05, 4.69) is 29.6 Å². The van der Waals surface area contributed by atoms with Crippen LogP contribution < -0.4 is 5.32 Å². The molecule has 0 saturated carbocycles. The molecule has 0 saturated heterocycles. The maximum Gasteiger partial charge on any atom is 0.407 e. The molecule has 1 aliphatic carbocycles. The van der Waals surface area contributed by atoms with Gasteiger partial charge in [-0.3, -0.25) is 0 Å². The molecule has 0 atom stereocenters. The normalized spacial score (nSPS) is 12.4. The second-order valence-corrected chi connectivity index (χ2v) is 11.7. The summed E-state index contributed by atoms with van der Waals surface area (Å²) in [5, 5.41) is 2.74. The largest absolute Gasteiger partial charge is 0.449 e. The fourth-order valence-electron chi connectivity index (χ4n) is 5.08. The summed E-state index contributed by atoms with van der Waals surface area (Å²) < 4.78 is 60.3. The molecule has 0 heterocycles. The number of nitrogens with one attached hydrogen (secondary N) is 1. The molecule has 0 aromatic heterocycles. The number of fused-ring (bicyclic) bond motifs is 3. The lowest BCUT2D eigenvalue weighted by molar-refractivity contribution is -0.0278. The van der Waals surface area contributed by atoms with Crippen LogP contribution in [0.4, 0.5) is 4.79 Å². The summed E-state index contributed by atoms with van der Waals surface area (Å²) >= 11 is 0. The average molecular weight is 722 g/mol. The molecule has 2 aromatic rings. The maximum atomic E-state index is 12.2. The molecule has 0 fully saturated rings. The average Bonchev–Trinajstić information content (AvgIpc) is 3.46. The van der Waals surface area contributed by atoms with Crippen molar-refractivity contribution < 1.29 is 56.9 Å². The number of amides is 1. The molecule has 13 heteroatoms. The van der Waals surface area contributed by atoms with Crippen molar-refractivity contribution in [1.82, 2.24) is 5.32 Å². The SMILES string of the molecule is CC(C)OCCOCCOCCOCCOCCOCCOCCOCCOCCOCCNC(=O)OCC1c2ccccc2-c2ccccc21. The number of benzene rings is 2. The highest BCUT2D eigenvalue weighted by Crippen LogP contribution is 2.44. The summed E-state index contributed by atoms with van der Waals surface area (Å²) in [5.41, 5.74) is 4.78. The smallest absolute Gasteiger partial charge is 0.407 e. The molecular weight excluding hydrogens is 662 g/mol. The molecule has 1 aliphatic rings. The van der Waals surface area contributed by atoms with Crippen molar-refractivity contribution in [3.05, 3.63) is 59.7 Å². The number of carbonyl (C=O) groups is 1. The van der Waals surface area contributed by atoms with E-state index in [1.54, 1.807) is 0 Å². The molecule has 51 heavy (non-hydrogen) atoms. The van der Waals surface area contributed by atoms with E-state index in [1.165, 1.54) is 22.3 Å². The number of rotatable bonds is 33. The first kappa shape index (κ1) is 42.7. The lowest BCUT2D eigenvalue weighted by atomic mass is 9.98. The van der Waals surface area contributed by atoms with E-state index in [1.807, 2.05) is 38.1 Å². The van der Waals surface area contributed by atoms with Gasteiger partial charge in [-0.15, -0.1) is 0 Å². The van der Waals surface area contributed by atoms with Gasteiger partial charge < -0.3 is 57.4 Å². The van der Waals surface area contributed by atoms with E-state index in [-0.39, 0.29) is 18.6 Å². The molecule has 0 bridgehead atoms. The van der Waals surface area contributed by atoms with Crippen molar-refractivity contribution in [3.8, 4) is 11.1 Å². The topological polar surface area (TPSA) is 131 Å². The summed E-state index contributed by atoms with van der Waals surface area (Å²) in [6.07, 6.45) is -0.225. The second kappa shape index (κ2) is 28.8. The maximum absolute atomic E-state index is 12.2. The Balaban J connectivity index is 0.966. The Morgan fingerprint density at radius 3 is 1.22 bits per heavy atom. The van der Waals surface area contributed by atoms with Gasteiger partial charge in [-0.05, 0) is 36.1 Å². The number of hydrogen-bond acceptors (Lipinski definition) is 12. The van der Waals surface area contributed by atoms with Crippen LogP contribution in [0.3, 0.4) is 0 Å². The molecule has 0 aliphatic heterocycles. The van der Waals surface area contributed by atoms with E-state index in [0.29, 0.717) is 132 Å². The van der Waals surface area contributed by atoms with Crippen LogP contribution in [0, 0.1) is 0 Å². The third-order valence-corrected chi connectivity index (χ3v) is 7.51. The zero-order valence-electron chi connectivity index (χ0n) is 30.5. The van der Waals surface area contributed by atoms with E-state index < -0.39 is 6.09 Å². The predicted molar refractivity (Wildman–Crippen MR) is 192 cm³/mol. The number of ether oxygens (including phenoxy) is 11. The standard InChI is InChI=1S/C38H59NO12/c1-32(2)50-30-29-49-28-27-48-26-25-47-24-23-46-22-21-45-20-19-44-18-17-43-16-15-42-14-13-41-12-11-39-38(40)51-31-37-35-9-5-3-7-33(35)34-8-4-6-10-36(34)37/h3-10,32,37H,11-31H2,1-2H3,(H,39,40). The fourth-order valence-corrected chi connectivity index (χ4v) is 5.08. The highest BCUT2D eigenvalue weighted by Gasteiger charge is 2.28. The minimum Gasteiger partial charge on any atom is -0.449 e. The van der Waals surface area contributed by atoms with Gasteiger partial charge in [-0.1, -0.05) is 48.5 Å². The monoisotopic (exact) mass is 721 g/mol. The van der Waals surface area contributed by atoms with Gasteiger partial charge in [-0.25, -0.2) is 4.79 Å². The van der Waals surface area contributed by atoms with Crippen LogP contribution in [0.25, 0.3) is 11.1 Å². The van der Waals surface area contributed by atoms with Gasteiger partial charge in [0.2, 0.25) is 0 Å². The molecule has 0 unspecified atom stereocenters. The van der Waals surface area contributed by atoms with Crippen molar-refractivity contribution in [2.45, 2.75) is 25.9 Å². The number of hydrogen-bond donors (Lipinski definition) is 1. The third-order valence-electron chi connectivity index (χ3n) is 7.51. The number of alkyl carbamates (subject to hydrolysis) is 1. The first-order valence-electron chi connectivity index (χ1n) is 18.1. The Morgan fingerprint density at radius 1 is 0.510 bits per heavy atom. The van der Waals surface area contributed by atoms with E-state index >= 15 is 0 Å². The highest BCUT2D eigenvalue weighted by molar-refractivity contribution is 5.79. The minimum absolute atomic E-state index is 0.0388. The lowest BCUT2D eigenvalue weighted by Gasteiger charge is -2.14. The Hall–Kier alpha value is -2.69. The summed E-state index contributed by atoms with van der Waals surface area (Å²) in [5.74, 6) is 0.0388. The van der Waals surface area contributed by atoms with Crippen LogP contribution >= 0.6 is 0 Å². The highest BCUT2D eigenvalue weighted by atomic mass is 16.6. The summed E-state index contributed by atoms with van der Waals surface area (Å²) in [6, 6.07) is 16.5. The van der Waals surface area contributed by atoms with Gasteiger partial charge in [-0.2, -0.15) is 0 Å². The zero-order valence-corrected chi connectivity index (χ0v) is 30.5. The van der Waals surface area contributed by atoms with E-state index in [4.69, 9.17) is 52.1 Å². The molecule has 3 rings (SSSR count). The van der Waals surface area contributed by atoms with Gasteiger partial charge in [0.05, 0.1) is 132 Å². The molecule has 1 N–H and O–H groups in total. The van der Waals surface area contributed by atoms with Gasteiger partial charge in [0.25, 0.3) is 0 Å². The molecule has 1 amide bonds. The Bertz CT molecular complexity index is 1110. The first-order valence-corrected chi connectivity index (χ1v) is 18.1. The molecule has 288 valence electrons. The quantitative estimate of drug-likeness (QED) is 0.107. The van der Waals surface area contributed by atoms with Crippen LogP contribution in [0.1, 0.15) is 30.9 Å². The van der Waals surface area contributed by atoms with E-state index in [0.717, 1.165) is 0 Å². The predicted octanol–water partition coefficient (Wildman–Crippen LogP) is 4.10. The van der Waals surface area contributed by atoms with Gasteiger partial charge >= 0.3 is 6.09 Å². The summed E-state index contributed by atoms with van der Waals surface area (Å²) in [6.45, 7) is 14.1. The van der Waals surface area contributed by atoms with Crippen molar-refractivity contribution in [1.29, 1.82) is 0 Å². The Labute approximate surface area is 303 Å². The third kappa shape index (κ3) is 19.6. The second-order valence-electron chi connectivity index (χ2n) is 11.7. The van der Waals surface area contributed by atoms with Crippen LogP contribution in [-0.4, -0.2) is 151 Å². The fraction of sp³-hybridized carbons (Fsp3) is 0.658.